The summed E-state index contributed by atoms with van der Waals surface area (Å²) in [6.45, 7) is 3.45. The number of hydrogen-bond donors (Lipinski definition) is 2. The summed E-state index contributed by atoms with van der Waals surface area (Å²) in [6.07, 6.45) is 3.18. The molecule has 4 N–H and O–H groups in total. The number of anilines is 1. The number of hydrogen-bond acceptors (Lipinski definition) is 5. The van der Waals surface area contributed by atoms with Crippen molar-refractivity contribution in [1.82, 2.24) is 9.55 Å². The number of fused-ring (bicyclic) bond motifs is 3. The number of unbranched alkanes of at least 4 members (excludes halogenated alkanes) is 1. The number of nitrogens with zero attached hydrogens (tertiary/aromatic N) is 2. The number of nitrogens with two attached hydrogens (primary N) is 2. The normalized spacial score (nSPS) is 11.3. The van der Waals surface area contributed by atoms with Crippen molar-refractivity contribution in [2.24, 2.45) is 5.73 Å². The molecule has 31 heavy (non-hydrogen) atoms. The van der Waals surface area contributed by atoms with Crippen molar-refractivity contribution in [3.05, 3.63) is 70.9 Å². The molecule has 0 aliphatic carbocycles. The van der Waals surface area contributed by atoms with Crippen LogP contribution in [0.3, 0.4) is 0 Å². The summed E-state index contributed by atoms with van der Waals surface area (Å²) in [5.41, 5.74) is 17.9. The van der Waals surface area contributed by atoms with E-state index in [9.17, 15) is 4.79 Å². The fourth-order valence-electron chi connectivity index (χ4n) is 4.06. The van der Waals surface area contributed by atoms with E-state index in [4.69, 9.17) is 16.2 Å². The van der Waals surface area contributed by atoms with Crippen LogP contribution in [0.2, 0.25) is 0 Å². The number of ether oxygens (including phenoxy) is 1. The molecule has 0 radical (unpaired) electrons. The highest BCUT2D eigenvalue weighted by Gasteiger charge is 2.17. The van der Waals surface area contributed by atoms with E-state index >= 15 is 0 Å². The minimum absolute atomic E-state index is 0.388. The molecule has 0 unspecified atom stereocenters. The Bertz CT molecular complexity index is 1240. The van der Waals surface area contributed by atoms with Crippen molar-refractivity contribution < 1.29 is 9.53 Å². The van der Waals surface area contributed by atoms with Crippen LogP contribution in [0.4, 0.5) is 5.82 Å². The Kier molecular flexibility index (Phi) is 5.91. The van der Waals surface area contributed by atoms with Crippen molar-refractivity contribution in [1.29, 1.82) is 0 Å². The van der Waals surface area contributed by atoms with E-state index in [1.165, 1.54) is 18.4 Å². The molecule has 0 bridgehead atoms. The second-order valence-electron chi connectivity index (χ2n) is 7.83. The van der Waals surface area contributed by atoms with Gasteiger partial charge in [-0.25, -0.2) is 9.78 Å². The average molecular weight is 417 g/mol. The van der Waals surface area contributed by atoms with Gasteiger partial charge in [0.15, 0.2) is 0 Å². The third-order valence-corrected chi connectivity index (χ3v) is 5.76. The van der Waals surface area contributed by atoms with Crippen LogP contribution < -0.4 is 11.5 Å². The fraction of sp³-hybridized carbons (Fsp3) is 0.280. The van der Waals surface area contributed by atoms with Gasteiger partial charge in [-0.3, -0.25) is 0 Å². The number of aryl methyl sites for hydroxylation is 1. The molecule has 0 amide bonds. The average Bonchev–Trinajstić information content (AvgIpc) is 3.16. The SMILES string of the molecule is CCCCc1cc2c(N)nc3cc(C(=O)OC)ccc3c2n1Cc1ccc(CN)cc1. The first-order valence-corrected chi connectivity index (χ1v) is 10.6. The number of aromatic nitrogens is 2. The summed E-state index contributed by atoms with van der Waals surface area (Å²) >= 11 is 0. The summed E-state index contributed by atoms with van der Waals surface area (Å²) in [7, 11) is 1.37. The van der Waals surface area contributed by atoms with Gasteiger partial charge in [-0.1, -0.05) is 37.6 Å². The van der Waals surface area contributed by atoms with Crippen molar-refractivity contribution >= 4 is 33.6 Å². The topological polar surface area (TPSA) is 96.2 Å². The lowest BCUT2D eigenvalue weighted by molar-refractivity contribution is 0.0601. The second kappa shape index (κ2) is 8.78. The summed E-state index contributed by atoms with van der Waals surface area (Å²) in [4.78, 5) is 16.6. The Morgan fingerprint density at radius 3 is 2.48 bits per heavy atom. The first-order valence-electron chi connectivity index (χ1n) is 10.6. The van der Waals surface area contributed by atoms with E-state index in [1.54, 1.807) is 12.1 Å². The number of pyridine rings is 1. The highest BCUT2D eigenvalue weighted by molar-refractivity contribution is 6.10. The highest BCUT2D eigenvalue weighted by atomic mass is 16.5. The molecular weight excluding hydrogens is 388 g/mol. The third-order valence-electron chi connectivity index (χ3n) is 5.76. The smallest absolute Gasteiger partial charge is 0.337 e. The number of carbonyl (C=O) groups excluding carboxylic acids is 1. The van der Waals surface area contributed by atoms with Gasteiger partial charge in [0.1, 0.15) is 5.82 Å². The maximum atomic E-state index is 12.0. The molecule has 4 rings (SSSR count). The highest BCUT2D eigenvalue weighted by Crippen LogP contribution is 2.33. The molecule has 0 spiro atoms. The second-order valence-corrected chi connectivity index (χ2v) is 7.83. The van der Waals surface area contributed by atoms with Gasteiger partial charge in [0.2, 0.25) is 0 Å². The predicted octanol–water partition coefficient (Wildman–Crippen LogP) is 4.41. The molecule has 2 aromatic carbocycles. The quantitative estimate of drug-likeness (QED) is 0.435. The van der Waals surface area contributed by atoms with Crippen LogP contribution in [-0.4, -0.2) is 22.6 Å². The van der Waals surface area contributed by atoms with E-state index < -0.39 is 0 Å². The summed E-state index contributed by atoms with van der Waals surface area (Å²) in [5, 5.41) is 1.92. The minimum atomic E-state index is -0.388. The summed E-state index contributed by atoms with van der Waals surface area (Å²) in [6, 6.07) is 16.0. The zero-order chi connectivity index (χ0) is 22.0. The molecule has 0 fully saturated rings. The Morgan fingerprint density at radius 1 is 1.06 bits per heavy atom. The molecule has 0 aliphatic heterocycles. The zero-order valence-electron chi connectivity index (χ0n) is 18.0. The summed E-state index contributed by atoms with van der Waals surface area (Å²) in [5.74, 6) is 0.0841. The zero-order valence-corrected chi connectivity index (χ0v) is 18.0. The molecule has 0 aliphatic rings. The lowest BCUT2D eigenvalue weighted by Crippen LogP contribution is -2.06. The number of rotatable bonds is 7. The Morgan fingerprint density at radius 2 is 1.81 bits per heavy atom. The molecule has 6 nitrogen and oxygen atoms in total. The van der Waals surface area contributed by atoms with E-state index in [0.717, 1.165) is 47.7 Å². The van der Waals surface area contributed by atoms with E-state index in [2.05, 4.69) is 46.8 Å². The van der Waals surface area contributed by atoms with Crippen LogP contribution in [-0.2, 0) is 24.2 Å². The van der Waals surface area contributed by atoms with E-state index in [-0.39, 0.29) is 5.97 Å². The Hall–Kier alpha value is -3.38. The molecule has 0 saturated heterocycles. The molecule has 160 valence electrons. The molecular formula is C25H28N4O2. The van der Waals surface area contributed by atoms with Crippen LogP contribution in [0, 0.1) is 0 Å². The van der Waals surface area contributed by atoms with Crippen molar-refractivity contribution in [3.8, 4) is 0 Å². The molecule has 0 saturated carbocycles. The largest absolute Gasteiger partial charge is 0.465 e. The van der Waals surface area contributed by atoms with Gasteiger partial charge >= 0.3 is 5.97 Å². The molecule has 2 heterocycles. The van der Waals surface area contributed by atoms with Gasteiger partial charge in [0, 0.05) is 29.6 Å². The lowest BCUT2D eigenvalue weighted by Gasteiger charge is -2.13. The van der Waals surface area contributed by atoms with Crippen LogP contribution in [0.15, 0.2) is 48.5 Å². The van der Waals surface area contributed by atoms with Crippen LogP contribution in [0.5, 0.6) is 0 Å². The van der Waals surface area contributed by atoms with Gasteiger partial charge in [0.25, 0.3) is 0 Å². The number of benzene rings is 2. The van der Waals surface area contributed by atoms with E-state index in [1.807, 2.05) is 6.07 Å². The molecule has 4 aromatic rings. The maximum Gasteiger partial charge on any atom is 0.337 e. The van der Waals surface area contributed by atoms with Gasteiger partial charge < -0.3 is 20.8 Å². The number of carbonyl (C=O) groups is 1. The number of methoxy groups -OCH3 is 1. The van der Waals surface area contributed by atoms with Gasteiger partial charge in [0.05, 0.1) is 23.7 Å². The van der Waals surface area contributed by atoms with Gasteiger partial charge in [-0.15, -0.1) is 0 Å². The predicted molar refractivity (Wildman–Crippen MR) is 125 cm³/mol. The van der Waals surface area contributed by atoms with Crippen molar-refractivity contribution in [2.45, 2.75) is 39.3 Å². The van der Waals surface area contributed by atoms with Gasteiger partial charge in [-0.2, -0.15) is 0 Å². The van der Waals surface area contributed by atoms with Crippen molar-refractivity contribution in [3.63, 3.8) is 0 Å². The van der Waals surface area contributed by atoms with Crippen LogP contribution in [0.1, 0.15) is 46.9 Å². The van der Waals surface area contributed by atoms with Crippen LogP contribution in [0.25, 0.3) is 21.8 Å². The Labute approximate surface area is 181 Å². The Balaban J connectivity index is 1.91. The standard InChI is InChI=1S/C25H28N4O2/c1-3-4-5-19-13-21-23(29(19)15-17-8-6-16(14-26)7-9-17)20-11-10-18(25(30)31-2)12-22(20)28-24(21)27/h6-13H,3-5,14-15,26H2,1-2H3,(H2,27,28). The van der Waals surface area contributed by atoms with Crippen molar-refractivity contribution in [2.75, 3.05) is 12.8 Å². The summed E-state index contributed by atoms with van der Waals surface area (Å²) < 4.78 is 7.19. The molecule has 0 atom stereocenters. The third kappa shape index (κ3) is 3.99. The van der Waals surface area contributed by atoms with Gasteiger partial charge in [-0.05, 0) is 48.2 Å². The fourth-order valence-corrected chi connectivity index (χ4v) is 4.06. The van der Waals surface area contributed by atoms with E-state index in [0.29, 0.717) is 23.4 Å². The molecule has 2 aromatic heterocycles. The first-order chi connectivity index (χ1) is 15.0. The monoisotopic (exact) mass is 416 g/mol. The number of nitrogen functional groups attached to an aromatic ring is 1. The lowest BCUT2D eigenvalue weighted by atomic mass is 10.1. The first kappa shape index (κ1) is 20.9. The maximum absolute atomic E-state index is 12.0. The van der Waals surface area contributed by atoms with Crippen LogP contribution >= 0.6 is 0 Å². The molecule has 6 heteroatoms. The minimum Gasteiger partial charge on any atom is -0.465 e. The number of esters is 1.